The van der Waals surface area contributed by atoms with Crippen molar-refractivity contribution in [3.63, 3.8) is 0 Å². The summed E-state index contributed by atoms with van der Waals surface area (Å²) in [7, 11) is 2.63. The topological polar surface area (TPSA) is 167 Å². The van der Waals surface area contributed by atoms with Crippen molar-refractivity contribution in [1.29, 1.82) is 0 Å². The Hall–Kier alpha value is -6.13. The first-order valence-electron chi connectivity index (χ1n) is 23.6. The fraction of sp³-hybridized carbons (Fsp3) is 0.364. The average Bonchev–Trinajstić information content (AvgIpc) is 4.05. The Balaban J connectivity index is 0.000000245. The number of hydrogen-bond donors (Lipinski definition) is 3. The molecule has 5 atom stereocenters. The second-order valence-electron chi connectivity index (χ2n) is 17.7. The molecule has 1 fully saturated rings. The van der Waals surface area contributed by atoms with E-state index in [0.29, 0.717) is 40.1 Å². The Morgan fingerprint density at radius 2 is 1.23 bits per heavy atom. The number of ether oxygens (including phenoxy) is 6. The van der Waals surface area contributed by atoms with E-state index in [1.165, 1.54) is 67.2 Å². The van der Waals surface area contributed by atoms with E-state index < -0.39 is 59.7 Å². The number of thiophene rings is 2. The van der Waals surface area contributed by atoms with E-state index in [1.54, 1.807) is 6.08 Å². The molecule has 4 aromatic carbocycles. The smallest absolute Gasteiger partial charge is 0.416 e. The van der Waals surface area contributed by atoms with Gasteiger partial charge in [0.1, 0.15) is 30.3 Å². The highest BCUT2D eigenvalue weighted by atomic mass is 32.1. The maximum Gasteiger partial charge on any atom is 0.416 e. The normalized spacial score (nSPS) is 16.9. The molecule has 0 aliphatic carbocycles. The van der Waals surface area contributed by atoms with Gasteiger partial charge in [0.15, 0.2) is 12.4 Å². The van der Waals surface area contributed by atoms with E-state index >= 15 is 0 Å². The Morgan fingerprint density at radius 1 is 0.693 bits per heavy atom. The lowest BCUT2D eigenvalue weighted by Crippen LogP contribution is -2.23. The lowest BCUT2D eigenvalue weighted by atomic mass is 10.0. The third kappa shape index (κ3) is 16.4. The number of esters is 2. The summed E-state index contributed by atoms with van der Waals surface area (Å²) in [6.45, 7) is 3.12. The van der Waals surface area contributed by atoms with Crippen LogP contribution in [0.4, 0.5) is 26.3 Å². The minimum Gasteiger partial charge on any atom is -0.490 e. The van der Waals surface area contributed by atoms with Crippen LogP contribution in [0.15, 0.2) is 109 Å². The fourth-order valence-corrected chi connectivity index (χ4v) is 10.2. The number of halogens is 6. The number of carbonyl (C=O) groups is 3. The van der Waals surface area contributed by atoms with Gasteiger partial charge in [-0.3, -0.25) is 14.4 Å². The molecule has 0 saturated carbocycles. The van der Waals surface area contributed by atoms with Gasteiger partial charge in [0, 0.05) is 43.5 Å². The largest absolute Gasteiger partial charge is 0.490 e. The number of fused-ring (bicyclic) bond motifs is 2. The zero-order chi connectivity index (χ0) is 54.5. The van der Waals surface area contributed by atoms with E-state index in [1.807, 2.05) is 74.5 Å². The number of ketones is 1. The van der Waals surface area contributed by atoms with Gasteiger partial charge in [-0.05, 0) is 106 Å². The predicted molar refractivity (Wildman–Crippen MR) is 272 cm³/mol. The predicted octanol–water partition coefficient (Wildman–Crippen LogP) is 12.2. The van der Waals surface area contributed by atoms with Crippen molar-refractivity contribution in [3.8, 4) is 11.5 Å². The Kier molecular flexibility index (Phi) is 20.2. The summed E-state index contributed by atoms with van der Waals surface area (Å²) in [5, 5.41) is 33.1. The fourth-order valence-electron chi connectivity index (χ4n) is 7.93. The molecule has 0 bridgehead atoms. The van der Waals surface area contributed by atoms with Crippen molar-refractivity contribution in [2.75, 3.05) is 27.4 Å². The number of methoxy groups -OCH3 is 2. The van der Waals surface area contributed by atoms with Crippen molar-refractivity contribution in [2.45, 2.75) is 101 Å². The van der Waals surface area contributed by atoms with Crippen molar-refractivity contribution in [3.05, 3.63) is 141 Å². The van der Waals surface area contributed by atoms with Gasteiger partial charge in [0.2, 0.25) is 5.78 Å². The van der Waals surface area contributed by atoms with Crippen molar-refractivity contribution >= 4 is 72.7 Å². The molecule has 0 unspecified atom stereocenters. The van der Waals surface area contributed by atoms with Gasteiger partial charge in [-0.25, -0.2) is 0 Å². The zero-order valence-electron chi connectivity index (χ0n) is 41.2. The molecule has 75 heavy (non-hydrogen) atoms. The third-order valence-corrected chi connectivity index (χ3v) is 14.2. The maximum absolute atomic E-state index is 13.2. The van der Waals surface area contributed by atoms with Gasteiger partial charge in [-0.1, -0.05) is 60.7 Å². The van der Waals surface area contributed by atoms with Gasteiger partial charge < -0.3 is 43.7 Å². The molecule has 7 rings (SSSR count). The van der Waals surface area contributed by atoms with Crippen LogP contribution < -0.4 is 9.47 Å². The van der Waals surface area contributed by atoms with Crippen LogP contribution in [-0.2, 0) is 40.9 Å². The highest BCUT2D eigenvalue weighted by Crippen LogP contribution is 2.39. The second kappa shape index (κ2) is 26.1. The van der Waals surface area contributed by atoms with Crippen LogP contribution in [0.3, 0.4) is 0 Å². The zero-order valence-corrected chi connectivity index (χ0v) is 42.8. The SMILES string of the molecule is COC(=O)CCC[C@@H]1OC(C)(C)O[C@@H]1/C=C/c1c(C(=O)COc2ccc(C(F)(F)F)cc2)sc2ccccc12.COC(=O)CCC[C@H](O)[C@H](O)/C=C/c1c([C@@H](O)COc2ccc(C(F)(F)F)cc2)sc2ccccc12. The number of benzene rings is 4. The van der Waals surface area contributed by atoms with Gasteiger partial charge >= 0.3 is 24.3 Å². The number of hydrogen-bond acceptors (Lipinski definition) is 14. The molecular formula is C55H56F6O12S2. The molecule has 1 saturated heterocycles. The quantitative estimate of drug-likeness (QED) is 0.0355. The number of carbonyl (C=O) groups excluding carboxylic acids is 3. The van der Waals surface area contributed by atoms with E-state index in [0.717, 1.165) is 44.4 Å². The minimum absolute atomic E-state index is 0.133. The molecule has 0 spiro atoms. The van der Waals surface area contributed by atoms with Crippen molar-refractivity contribution in [1.82, 2.24) is 0 Å². The van der Waals surface area contributed by atoms with Gasteiger partial charge in [-0.15, -0.1) is 22.7 Å². The summed E-state index contributed by atoms with van der Waals surface area (Å²) in [5.74, 6) is -1.43. The molecular weight excluding hydrogens is 1030 g/mol. The summed E-state index contributed by atoms with van der Waals surface area (Å²) < 4.78 is 111. The molecule has 20 heteroatoms. The highest BCUT2D eigenvalue weighted by molar-refractivity contribution is 7.21. The summed E-state index contributed by atoms with van der Waals surface area (Å²) in [5.41, 5.74) is -0.237. The van der Waals surface area contributed by atoms with Crippen LogP contribution in [0.2, 0.25) is 0 Å². The molecule has 0 radical (unpaired) electrons. The number of rotatable bonds is 21. The van der Waals surface area contributed by atoms with E-state index in [2.05, 4.69) is 4.74 Å². The molecule has 6 aromatic rings. The Labute approximate surface area is 436 Å². The number of alkyl halides is 6. The molecule has 402 valence electrons. The first-order valence-corrected chi connectivity index (χ1v) is 25.3. The number of Topliss-reactive ketones (excluding diaryl/α,β-unsaturated/α-hetero) is 1. The molecule has 1 aliphatic heterocycles. The van der Waals surface area contributed by atoms with E-state index in [9.17, 15) is 56.0 Å². The van der Waals surface area contributed by atoms with Crippen LogP contribution in [0.25, 0.3) is 32.3 Å². The highest BCUT2D eigenvalue weighted by Gasteiger charge is 2.40. The molecule has 1 aliphatic rings. The van der Waals surface area contributed by atoms with Crippen LogP contribution in [0, 0.1) is 0 Å². The third-order valence-electron chi connectivity index (χ3n) is 11.7. The molecule has 0 amide bonds. The molecule has 2 aromatic heterocycles. The monoisotopic (exact) mass is 1090 g/mol. The Bertz CT molecular complexity index is 2910. The standard InChI is InChI=1S/C29H29F3O6S.C26H27F3O6S/c1-28(2)37-23(8-6-10-26(34)35-3)24(38-28)16-15-21-20-7-4-5-9-25(20)39-27(21)22(33)17-36-19-13-11-18(12-14-19)29(30,31)32;1-34-24(33)8-4-6-20(30)21(31)14-13-19-18-5-2-3-7-23(18)36-25(19)22(32)15-35-17-11-9-16(10-12-17)26(27,28)29/h4-5,7,9,11-16,23-24H,6,8,10,17H2,1-3H3;2-3,5,7,9-14,20-22,30-32H,4,6,8,15H2,1H3/b16-15+;14-13+/t23-,24+;20-,21+,22-/m00/s1. The minimum atomic E-state index is -4.45. The van der Waals surface area contributed by atoms with Crippen molar-refractivity contribution < 1.29 is 84.5 Å². The molecule has 3 heterocycles. The first kappa shape index (κ1) is 58.1. The second-order valence-corrected chi connectivity index (χ2v) is 19.8. The van der Waals surface area contributed by atoms with Crippen LogP contribution in [0.5, 0.6) is 11.5 Å². The summed E-state index contributed by atoms with van der Waals surface area (Å²) in [6, 6.07) is 23.4. The number of aliphatic hydroxyl groups excluding tert-OH is 3. The summed E-state index contributed by atoms with van der Waals surface area (Å²) in [6.07, 6.45) is -4.10. The van der Waals surface area contributed by atoms with Crippen molar-refractivity contribution in [2.24, 2.45) is 0 Å². The van der Waals surface area contributed by atoms with E-state index in [4.69, 9.17) is 23.7 Å². The number of aliphatic hydroxyl groups is 3. The van der Waals surface area contributed by atoms with Gasteiger partial charge in [-0.2, -0.15) is 26.3 Å². The lowest BCUT2D eigenvalue weighted by Gasteiger charge is -2.16. The molecule has 3 N–H and O–H groups in total. The van der Waals surface area contributed by atoms with E-state index in [-0.39, 0.29) is 61.8 Å². The van der Waals surface area contributed by atoms with Gasteiger partial charge in [0.25, 0.3) is 0 Å². The summed E-state index contributed by atoms with van der Waals surface area (Å²) >= 11 is 2.65. The van der Waals surface area contributed by atoms with Crippen LogP contribution in [0.1, 0.15) is 95.3 Å². The lowest BCUT2D eigenvalue weighted by molar-refractivity contribution is -0.144. The first-order chi connectivity index (χ1) is 35.6. The van der Waals surface area contributed by atoms with Gasteiger partial charge in [0.05, 0.1) is 48.5 Å². The average molecular weight is 1090 g/mol. The Morgan fingerprint density at radius 3 is 1.80 bits per heavy atom. The summed E-state index contributed by atoms with van der Waals surface area (Å²) in [4.78, 5) is 36.9. The molecule has 12 nitrogen and oxygen atoms in total. The maximum atomic E-state index is 13.2. The van der Waals surface area contributed by atoms with Crippen LogP contribution >= 0.6 is 22.7 Å². The van der Waals surface area contributed by atoms with Crippen LogP contribution in [-0.4, -0.2) is 90.7 Å².